The Morgan fingerprint density at radius 1 is 1.31 bits per heavy atom. The molecule has 3 aromatic heterocycles. The second kappa shape index (κ2) is 6.99. The molecule has 1 aliphatic heterocycles. The van der Waals surface area contributed by atoms with E-state index in [1.165, 1.54) is 23.0 Å². The van der Waals surface area contributed by atoms with Crippen molar-refractivity contribution in [3.63, 3.8) is 0 Å². The number of aryl methyl sites for hydroxylation is 1. The number of piperidine rings is 1. The van der Waals surface area contributed by atoms with E-state index in [4.69, 9.17) is 0 Å². The minimum absolute atomic E-state index is 0.390. The molecule has 138 valence electrons. The van der Waals surface area contributed by atoms with Crippen molar-refractivity contribution >= 4 is 11.5 Å². The fourth-order valence-electron chi connectivity index (χ4n) is 4.06. The van der Waals surface area contributed by atoms with E-state index in [0.29, 0.717) is 17.6 Å². The third kappa shape index (κ3) is 3.14. The van der Waals surface area contributed by atoms with Gasteiger partial charge in [0.1, 0.15) is 0 Å². The number of tetrazole rings is 1. The summed E-state index contributed by atoms with van der Waals surface area (Å²) in [4.78, 5) is 4.77. The van der Waals surface area contributed by atoms with Crippen LogP contribution in [0.3, 0.4) is 0 Å². The number of hydrogen-bond acceptors (Lipinski definition) is 7. The highest BCUT2D eigenvalue weighted by atomic mass is 15.6. The van der Waals surface area contributed by atoms with Crippen molar-refractivity contribution in [3.05, 3.63) is 30.1 Å². The van der Waals surface area contributed by atoms with Crippen molar-refractivity contribution < 1.29 is 0 Å². The first-order valence-corrected chi connectivity index (χ1v) is 9.15. The van der Waals surface area contributed by atoms with Gasteiger partial charge in [-0.3, -0.25) is 9.58 Å². The molecule has 0 amide bonds. The summed E-state index contributed by atoms with van der Waals surface area (Å²) in [6.07, 6.45) is 6.59. The van der Waals surface area contributed by atoms with Gasteiger partial charge in [-0.1, -0.05) is 6.92 Å². The zero-order chi connectivity index (χ0) is 18.1. The Morgan fingerprint density at radius 2 is 2.19 bits per heavy atom. The molecule has 2 atom stereocenters. The van der Waals surface area contributed by atoms with Crippen LogP contribution in [0.5, 0.6) is 0 Å². The summed E-state index contributed by atoms with van der Waals surface area (Å²) >= 11 is 0. The van der Waals surface area contributed by atoms with Crippen molar-refractivity contribution in [2.75, 3.05) is 31.6 Å². The fourth-order valence-corrected chi connectivity index (χ4v) is 4.06. The van der Waals surface area contributed by atoms with E-state index in [-0.39, 0.29) is 0 Å². The SMILES string of the molecule is CCN1CCC[C@@H](CN(C)c2ccc3nnnn3n2)[C@@H]1c1cnn(C)c1. The Kier molecular flexibility index (Phi) is 4.54. The molecule has 0 N–H and O–H groups in total. The van der Waals surface area contributed by atoms with Crippen LogP contribution in [0.15, 0.2) is 24.5 Å². The Hall–Kier alpha value is -2.55. The Balaban J connectivity index is 1.57. The predicted molar refractivity (Wildman–Crippen MR) is 97.8 cm³/mol. The fraction of sp³-hybridized carbons (Fsp3) is 0.588. The molecule has 0 bridgehead atoms. The average molecular weight is 355 g/mol. The lowest BCUT2D eigenvalue weighted by Crippen LogP contribution is -2.43. The number of aromatic nitrogens is 7. The molecule has 0 radical (unpaired) electrons. The topological polar surface area (TPSA) is 80.3 Å². The van der Waals surface area contributed by atoms with E-state index in [1.807, 2.05) is 30.1 Å². The van der Waals surface area contributed by atoms with Crippen LogP contribution in [-0.2, 0) is 7.05 Å². The van der Waals surface area contributed by atoms with E-state index in [0.717, 1.165) is 25.5 Å². The van der Waals surface area contributed by atoms with Gasteiger partial charge in [-0.25, -0.2) is 0 Å². The van der Waals surface area contributed by atoms with Crippen molar-refractivity contribution in [2.45, 2.75) is 25.8 Å². The van der Waals surface area contributed by atoms with Crippen LogP contribution in [0, 0.1) is 5.92 Å². The maximum atomic E-state index is 4.52. The molecule has 3 aromatic rings. The molecule has 9 nitrogen and oxygen atoms in total. The standard InChI is InChI=1S/C17H25N9/c1-4-25-9-5-6-13(17(25)14-10-18-24(3)12-14)11-23(2)16-8-7-15-19-21-22-26(15)20-16/h7-8,10,12-13,17H,4-6,9,11H2,1-3H3/t13-,17+/m0/s1. The van der Waals surface area contributed by atoms with Crippen molar-refractivity contribution in [1.82, 2.24) is 39.9 Å². The van der Waals surface area contributed by atoms with Gasteiger partial charge in [-0.2, -0.15) is 5.10 Å². The lowest BCUT2D eigenvalue weighted by molar-refractivity contribution is 0.101. The Morgan fingerprint density at radius 3 is 2.96 bits per heavy atom. The van der Waals surface area contributed by atoms with Crippen molar-refractivity contribution in [3.8, 4) is 0 Å². The van der Waals surface area contributed by atoms with Crippen LogP contribution in [0.2, 0.25) is 0 Å². The van der Waals surface area contributed by atoms with Gasteiger partial charge < -0.3 is 4.90 Å². The number of hydrogen-bond donors (Lipinski definition) is 0. The number of rotatable bonds is 5. The molecule has 26 heavy (non-hydrogen) atoms. The Bertz CT molecular complexity index is 870. The quantitative estimate of drug-likeness (QED) is 0.679. The number of fused-ring (bicyclic) bond motifs is 1. The van der Waals surface area contributed by atoms with Gasteiger partial charge in [0, 0.05) is 38.4 Å². The van der Waals surface area contributed by atoms with Gasteiger partial charge in [0.2, 0.25) is 0 Å². The molecule has 0 unspecified atom stereocenters. The maximum absolute atomic E-state index is 4.52. The molecule has 4 rings (SSSR count). The minimum Gasteiger partial charge on any atom is -0.358 e. The second-order valence-corrected chi connectivity index (χ2v) is 7.02. The van der Waals surface area contributed by atoms with Crippen LogP contribution in [0.25, 0.3) is 5.65 Å². The molecule has 0 saturated carbocycles. The van der Waals surface area contributed by atoms with Gasteiger partial charge in [0.15, 0.2) is 11.5 Å². The summed E-state index contributed by atoms with van der Waals surface area (Å²) in [5, 5.41) is 20.4. The summed E-state index contributed by atoms with van der Waals surface area (Å²) in [6, 6.07) is 4.27. The van der Waals surface area contributed by atoms with E-state index < -0.39 is 0 Å². The summed E-state index contributed by atoms with van der Waals surface area (Å²) in [5.41, 5.74) is 1.96. The van der Waals surface area contributed by atoms with Crippen LogP contribution < -0.4 is 4.90 Å². The normalized spacial score (nSPS) is 21.3. The van der Waals surface area contributed by atoms with Crippen LogP contribution in [-0.4, -0.2) is 66.6 Å². The summed E-state index contributed by atoms with van der Waals surface area (Å²) < 4.78 is 3.37. The highest BCUT2D eigenvalue weighted by Gasteiger charge is 2.33. The van der Waals surface area contributed by atoms with Crippen molar-refractivity contribution in [1.29, 1.82) is 0 Å². The highest BCUT2D eigenvalue weighted by Crippen LogP contribution is 2.36. The smallest absolute Gasteiger partial charge is 0.200 e. The molecule has 0 spiro atoms. The summed E-state index contributed by atoms with van der Waals surface area (Å²) in [5.74, 6) is 1.40. The molecular formula is C17H25N9. The first kappa shape index (κ1) is 16.9. The molecule has 1 fully saturated rings. The van der Waals surface area contributed by atoms with E-state index in [2.05, 4.69) is 55.7 Å². The van der Waals surface area contributed by atoms with Gasteiger partial charge in [0.25, 0.3) is 0 Å². The highest BCUT2D eigenvalue weighted by molar-refractivity contribution is 5.43. The van der Waals surface area contributed by atoms with Gasteiger partial charge in [0.05, 0.1) is 6.20 Å². The molecule has 4 heterocycles. The zero-order valence-corrected chi connectivity index (χ0v) is 15.5. The van der Waals surface area contributed by atoms with E-state index in [9.17, 15) is 0 Å². The molecule has 1 saturated heterocycles. The average Bonchev–Trinajstić information content (AvgIpc) is 3.29. The number of anilines is 1. The van der Waals surface area contributed by atoms with Crippen molar-refractivity contribution in [2.24, 2.45) is 13.0 Å². The zero-order valence-electron chi connectivity index (χ0n) is 15.5. The van der Waals surface area contributed by atoms with Crippen LogP contribution in [0.1, 0.15) is 31.4 Å². The van der Waals surface area contributed by atoms with E-state index in [1.54, 1.807) is 0 Å². The van der Waals surface area contributed by atoms with Crippen LogP contribution >= 0.6 is 0 Å². The number of likely N-dealkylation sites (tertiary alicyclic amines) is 1. The third-order valence-corrected chi connectivity index (χ3v) is 5.29. The minimum atomic E-state index is 0.390. The first-order chi connectivity index (χ1) is 12.7. The first-order valence-electron chi connectivity index (χ1n) is 9.15. The van der Waals surface area contributed by atoms with E-state index >= 15 is 0 Å². The molecule has 1 aliphatic rings. The lowest BCUT2D eigenvalue weighted by atomic mass is 9.85. The molecule has 0 aromatic carbocycles. The molecular weight excluding hydrogens is 330 g/mol. The predicted octanol–water partition coefficient (Wildman–Crippen LogP) is 1.16. The second-order valence-electron chi connectivity index (χ2n) is 7.02. The van der Waals surface area contributed by atoms with Gasteiger partial charge in [-0.05, 0) is 54.4 Å². The lowest BCUT2D eigenvalue weighted by Gasteiger charge is -2.42. The van der Waals surface area contributed by atoms with Gasteiger partial charge in [-0.15, -0.1) is 14.8 Å². The largest absolute Gasteiger partial charge is 0.358 e. The summed E-state index contributed by atoms with van der Waals surface area (Å²) in [7, 11) is 4.07. The van der Waals surface area contributed by atoms with Crippen LogP contribution in [0.4, 0.5) is 5.82 Å². The third-order valence-electron chi connectivity index (χ3n) is 5.29. The summed E-state index contributed by atoms with van der Waals surface area (Å²) in [6.45, 7) is 5.36. The molecule has 0 aliphatic carbocycles. The Labute approximate surface area is 152 Å². The number of nitrogens with zero attached hydrogens (tertiary/aromatic N) is 9. The monoisotopic (exact) mass is 355 g/mol. The molecule has 9 heteroatoms. The van der Waals surface area contributed by atoms with Gasteiger partial charge >= 0.3 is 0 Å². The maximum Gasteiger partial charge on any atom is 0.200 e.